The number of nitrogens with one attached hydrogen (secondary N) is 1. The molecule has 1 amide bonds. The summed E-state index contributed by atoms with van der Waals surface area (Å²) in [4.78, 5) is 11.4. The smallest absolute Gasteiger partial charge is 0.408 e. The fraction of sp³-hybridized carbons (Fsp3) is 0.700. The number of rotatable bonds is 5. The fourth-order valence-corrected chi connectivity index (χ4v) is 1.22. The zero-order chi connectivity index (χ0) is 13.7. The Labute approximate surface area is 102 Å². The molecule has 0 radical (unpaired) electrons. The van der Waals surface area contributed by atoms with E-state index in [-0.39, 0.29) is 6.61 Å². The van der Waals surface area contributed by atoms with Gasteiger partial charge in [-0.2, -0.15) is 8.42 Å². The van der Waals surface area contributed by atoms with Crippen LogP contribution in [0.5, 0.6) is 0 Å². The monoisotopic (exact) mass is 265 g/mol. The Hall–Kier alpha value is -1.08. The number of carbonyl (C=O) groups is 1. The molecule has 0 saturated carbocycles. The molecule has 0 unspecified atom stereocenters. The fourth-order valence-electron chi connectivity index (χ4n) is 0.824. The van der Waals surface area contributed by atoms with E-state index in [0.717, 1.165) is 6.26 Å². The summed E-state index contributed by atoms with van der Waals surface area (Å²) in [7, 11) is -3.54. The maximum absolute atomic E-state index is 11.4. The molecule has 7 heteroatoms. The van der Waals surface area contributed by atoms with Crippen LogP contribution in [-0.4, -0.2) is 39.0 Å². The first-order chi connectivity index (χ1) is 7.53. The molecule has 6 nitrogen and oxygen atoms in total. The molecule has 0 aliphatic heterocycles. The highest BCUT2D eigenvalue weighted by molar-refractivity contribution is 7.85. The summed E-state index contributed by atoms with van der Waals surface area (Å²) in [6.07, 6.45) is 1.65. The second kappa shape index (κ2) is 6.02. The van der Waals surface area contributed by atoms with Crippen LogP contribution in [0, 0.1) is 0 Å². The Morgan fingerprint density at radius 2 is 2.00 bits per heavy atom. The van der Waals surface area contributed by atoms with E-state index in [1.807, 2.05) is 0 Å². The van der Waals surface area contributed by atoms with Crippen LogP contribution in [0.25, 0.3) is 0 Å². The largest absolute Gasteiger partial charge is 0.444 e. The van der Waals surface area contributed by atoms with E-state index in [0.29, 0.717) is 0 Å². The van der Waals surface area contributed by atoms with Crippen molar-refractivity contribution >= 4 is 16.2 Å². The first kappa shape index (κ1) is 15.9. The lowest BCUT2D eigenvalue weighted by molar-refractivity contribution is 0.0502. The van der Waals surface area contributed by atoms with Crippen molar-refractivity contribution in [1.29, 1.82) is 0 Å². The maximum Gasteiger partial charge on any atom is 0.408 e. The normalized spacial score (nSPS) is 13.9. The van der Waals surface area contributed by atoms with Crippen LogP contribution >= 0.6 is 0 Å². The molecule has 0 heterocycles. The molecule has 0 spiro atoms. The summed E-state index contributed by atoms with van der Waals surface area (Å²) in [6, 6.07) is -0.625. The van der Waals surface area contributed by atoms with E-state index in [2.05, 4.69) is 16.1 Å². The van der Waals surface area contributed by atoms with Gasteiger partial charge in [-0.3, -0.25) is 4.18 Å². The Morgan fingerprint density at radius 3 is 2.35 bits per heavy atom. The van der Waals surface area contributed by atoms with Crippen LogP contribution < -0.4 is 5.32 Å². The van der Waals surface area contributed by atoms with Gasteiger partial charge in [0.05, 0.1) is 18.9 Å². The first-order valence-corrected chi connectivity index (χ1v) is 6.81. The summed E-state index contributed by atoms with van der Waals surface area (Å²) < 4.78 is 31.1. The van der Waals surface area contributed by atoms with Crippen molar-refractivity contribution in [2.75, 3.05) is 12.9 Å². The van der Waals surface area contributed by atoms with Crippen molar-refractivity contribution < 1.29 is 22.1 Å². The van der Waals surface area contributed by atoms with Gasteiger partial charge in [0.1, 0.15) is 5.60 Å². The van der Waals surface area contributed by atoms with Crippen molar-refractivity contribution in [2.45, 2.75) is 32.4 Å². The van der Waals surface area contributed by atoms with Gasteiger partial charge >= 0.3 is 6.09 Å². The topological polar surface area (TPSA) is 81.7 Å². The van der Waals surface area contributed by atoms with Crippen LogP contribution in [0.4, 0.5) is 4.79 Å². The lowest BCUT2D eigenvalue weighted by Gasteiger charge is -2.21. The molecule has 0 bridgehead atoms. The minimum Gasteiger partial charge on any atom is -0.444 e. The third kappa shape index (κ3) is 9.83. The molecule has 0 aromatic heterocycles. The van der Waals surface area contributed by atoms with Crippen molar-refractivity contribution in [3.05, 3.63) is 12.7 Å². The Balaban J connectivity index is 4.23. The van der Waals surface area contributed by atoms with Crippen LogP contribution in [0.2, 0.25) is 0 Å². The second-order valence-electron chi connectivity index (χ2n) is 4.48. The molecule has 100 valence electrons. The highest BCUT2D eigenvalue weighted by atomic mass is 32.2. The van der Waals surface area contributed by atoms with E-state index in [9.17, 15) is 13.2 Å². The molecule has 0 aliphatic rings. The van der Waals surface area contributed by atoms with Crippen molar-refractivity contribution in [2.24, 2.45) is 0 Å². The molecule has 0 rings (SSSR count). The van der Waals surface area contributed by atoms with Gasteiger partial charge in [-0.25, -0.2) is 4.79 Å². The predicted octanol–water partition coefficient (Wildman–Crippen LogP) is 1.04. The second-order valence-corrected chi connectivity index (χ2v) is 6.12. The van der Waals surface area contributed by atoms with Gasteiger partial charge in [-0.05, 0) is 20.8 Å². The SMILES string of the molecule is C=C[C@@H](COS(C)(=O)=O)NC(=O)OC(C)(C)C. The first-order valence-electron chi connectivity index (χ1n) is 5.00. The highest BCUT2D eigenvalue weighted by Crippen LogP contribution is 2.07. The average Bonchev–Trinajstić information content (AvgIpc) is 2.07. The van der Waals surface area contributed by atoms with Crippen molar-refractivity contribution in [3.63, 3.8) is 0 Å². The van der Waals surface area contributed by atoms with Crippen molar-refractivity contribution in [1.82, 2.24) is 5.32 Å². The van der Waals surface area contributed by atoms with Gasteiger partial charge in [-0.15, -0.1) is 6.58 Å². The number of ether oxygens (including phenoxy) is 1. The zero-order valence-electron chi connectivity index (χ0n) is 10.5. The molecular formula is C10H19NO5S. The molecular weight excluding hydrogens is 246 g/mol. The molecule has 17 heavy (non-hydrogen) atoms. The summed E-state index contributed by atoms with van der Waals surface area (Å²) >= 11 is 0. The van der Waals surface area contributed by atoms with E-state index >= 15 is 0 Å². The third-order valence-corrected chi connectivity index (χ3v) is 2.01. The highest BCUT2D eigenvalue weighted by Gasteiger charge is 2.19. The summed E-state index contributed by atoms with van der Waals surface area (Å²) in [5.41, 5.74) is -0.618. The lowest BCUT2D eigenvalue weighted by atomic mass is 10.2. The van der Waals surface area contributed by atoms with Gasteiger partial charge in [-0.1, -0.05) is 6.08 Å². The molecule has 0 saturated heterocycles. The van der Waals surface area contributed by atoms with Crippen LogP contribution in [-0.2, 0) is 19.0 Å². The summed E-state index contributed by atoms with van der Waals surface area (Å²) in [5.74, 6) is 0. The number of hydrogen-bond acceptors (Lipinski definition) is 5. The minimum absolute atomic E-state index is 0.207. The summed E-state index contributed by atoms with van der Waals surface area (Å²) in [5, 5.41) is 2.43. The standard InChI is InChI=1S/C10H19NO5S/c1-6-8(7-15-17(5,13)14)11-9(12)16-10(2,3)4/h6,8H,1,7H2,2-5H3,(H,11,12)/t8-/m0/s1. The van der Waals surface area contributed by atoms with Crippen LogP contribution in [0.3, 0.4) is 0 Å². The number of carbonyl (C=O) groups excluding carboxylic acids is 1. The van der Waals surface area contributed by atoms with E-state index in [1.165, 1.54) is 6.08 Å². The van der Waals surface area contributed by atoms with Crippen molar-refractivity contribution in [3.8, 4) is 0 Å². The van der Waals surface area contributed by atoms with Gasteiger partial charge < -0.3 is 10.1 Å². The number of alkyl carbamates (subject to hydrolysis) is 1. The van der Waals surface area contributed by atoms with Gasteiger partial charge in [0, 0.05) is 0 Å². The minimum atomic E-state index is -3.54. The predicted molar refractivity (Wildman–Crippen MR) is 64.2 cm³/mol. The molecule has 0 aromatic rings. The Morgan fingerprint density at radius 1 is 1.47 bits per heavy atom. The van der Waals surface area contributed by atoms with Crippen LogP contribution in [0.15, 0.2) is 12.7 Å². The number of amides is 1. The van der Waals surface area contributed by atoms with Gasteiger partial charge in [0.2, 0.25) is 0 Å². The van der Waals surface area contributed by atoms with E-state index in [1.54, 1.807) is 20.8 Å². The number of hydrogen-bond donors (Lipinski definition) is 1. The Kier molecular flexibility index (Phi) is 5.63. The quantitative estimate of drug-likeness (QED) is 0.593. The molecule has 0 aliphatic carbocycles. The van der Waals surface area contributed by atoms with Gasteiger partial charge in [0.15, 0.2) is 0 Å². The molecule has 1 N–H and O–H groups in total. The zero-order valence-corrected chi connectivity index (χ0v) is 11.3. The molecule has 1 atom stereocenters. The molecule has 0 fully saturated rings. The molecule has 0 aromatic carbocycles. The summed E-state index contributed by atoms with van der Waals surface area (Å²) in [6.45, 7) is 8.43. The van der Waals surface area contributed by atoms with E-state index in [4.69, 9.17) is 4.74 Å². The third-order valence-electron chi connectivity index (χ3n) is 1.45. The van der Waals surface area contributed by atoms with E-state index < -0.39 is 27.9 Å². The lowest BCUT2D eigenvalue weighted by Crippen LogP contribution is -2.40. The average molecular weight is 265 g/mol. The maximum atomic E-state index is 11.4. The van der Waals surface area contributed by atoms with Crippen LogP contribution in [0.1, 0.15) is 20.8 Å². The Bertz CT molecular complexity index is 369. The van der Waals surface area contributed by atoms with Gasteiger partial charge in [0.25, 0.3) is 10.1 Å².